The zero-order valence-corrected chi connectivity index (χ0v) is 34.1. The van der Waals surface area contributed by atoms with Crippen molar-refractivity contribution in [2.24, 2.45) is 0 Å². The number of ether oxygens (including phenoxy) is 2. The Balaban J connectivity index is 0.000000142. The van der Waals surface area contributed by atoms with Crippen LogP contribution in [0.4, 0.5) is 23.0 Å². The fourth-order valence-electron chi connectivity index (χ4n) is 7.25. The number of pyridine rings is 2. The molecular weight excluding hydrogens is 765 g/mol. The largest absolute Gasteiger partial charge is 0.494 e. The van der Waals surface area contributed by atoms with Crippen molar-refractivity contribution in [3.63, 3.8) is 0 Å². The van der Waals surface area contributed by atoms with Gasteiger partial charge in [-0.2, -0.15) is 0 Å². The molecular formula is C48H46N10O3. The molecule has 306 valence electrons. The smallest absolute Gasteiger partial charge is 0.153 e. The highest BCUT2D eigenvalue weighted by Gasteiger charge is 2.25. The predicted molar refractivity (Wildman–Crippen MR) is 238 cm³/mol. The first kappa shape index (κ1) is 40.4. The number of anilines is 4. The van der Waals surface area contributed by atoms with Crippen molar-refractivity contribution >= 4 is 51.1 Å². The summed E-state index contributed by atoms with van der Waals surface area (Å²) in [6, 6.07) is 35.7. The van der Waals surface area contributed by atoms with Crippen LogP contribution in [0.1, 0.15) is 52.3 Å². The molecule has 0 saturated carbocycles. The number of carbonyl (C=O) groups excluding carboxylic acids is 1. The first-order valence-electron chi connectivity index (χ1n) is 20.3. The minimum Gasteiger partial charge on any atom is -0.494 e. The van der Waals surface area contributed by atoms with E-state index in [0.29, 0.717) is 24.5 Å². The third-order valence-corrected chi connectivity index (χ3v) is 10.1. The second kappa shape index (κ2) is 19.6. The van der Waals surface area contributed by atoms with Gasteiger partial charge in [0.1, 0.15) is 35.8 Å². The maximum Gasteiger partial charge on any atom is 0.153 e. The summed E-state index contributed by atoms with van der Waals surface area (Å²) in [7, 11) is 0. The van der Waals surface area contributed by atoms with Gasteiger partial charge in [-0.3, -0.25) is 19.7 Å². The monoisotopic (exact) mass is 810 g/mol. The van der Waals surface area contributed by atoms with Crippen LogP contribution in [-0.2, 0) is 32.7 Å². The molecule has 0 atom stereocenters. The van der Waals surface area contributed by atoms with E-state index < -0.39 is 0 Å². The Bertz CT molecular complexity index is 2770. The Kier molecular flexibility index (Phi) is 13.0. The third-order valence-electron chi connectivity index (χ3n) is 10.1. The lowest BCUT2D eigenvalue weighted by atomic mass is 10.2. The zero-order valence-electron chi connectivity index (χ0n) is 34.1. The summed E-state index contributed by atoms with van der Waals surface area (Å²) in [5.41, 5.74) is 10.0. The molecule has 0 saturated heterocycles. The van der Waals surface area contributed by atoms with Crippen molar-refractivity contribution < 1.29 is 14.3 Å². The van der Waals surface area contributed by atoms with Gasteiger partial charge in [-0.25, -0.2) is 19.9 Å². The molecule has 0 fully saturated rings. The molecule has 3 N–H and O–H groups in total. The highest BCUT2D eigenvalue weighted by molar-refractivity contribution is 5.83. The fourth-order valence-corrected chi connectivity index (χ4v) is 7.25. The molecule has 13 nitrogen and oxygen atoms in total. The van der Waals surface area contributed by atoms with E-state index in [1.54, 1.807) is 24.8 Å². The summed E-state index contributed by atoms with van der Waals surface area (Å²) in [6.45, 7) is 9.16. The highest BCUT2D eigenvalue weighted by atomic mass is 16.5. The number of para-hydroxylation sites is 4. The molecule has 0 bridgehead atoms. The Hall–Kier alpha value is -7.35. The number of aromatic nitrogens is 6. The van der Waals surface area contributed by atoms with E-state index in [0.717, 1.165) is 112 Å². The van der Waals surface area contributed by atoms with Crippen molar-refractivity contribution in [1.29, 1.82) is 0 Å². The van der Waals surface area contributed by atoms with E-state index in [-0.39, 0.29) is 0 Å². The third kappa shape index (κ3) is 9.93. The summed E-state index contributed by atoms with van der Waals surface area (Å²) in [5, 5.41) is 12.3. The van der Waals surface area contributed by atoms with Crippen molar-refractivity contribution in [3.05, 3.63) is 168 Å². The SMILES string of the molecule is CCOc1ccccc1C=O.CCOc1ccccc1CN1Cc2ncnc(Nc3cnc4ccccc4c3)c2C1.c1ccc2ncc(Nc3ncnc4c3CNC4)cc2c1. The molecule has 2 aliphatic rings. The van der Waals surface area contributed by atoms with Gasteiger partial charge in [0.25, 0.3) is 0 Å². The van der Waals surface area contributed by atoms with Crippen LogP contribution in [0.2, 0.25) is 0 Å². The Morgan fingerprint density at radius 2 is 1.20 bits per heavy atom. The summed E-state index contributed by atoms with van der Waals surface area (Å²) in [4.78, 5) is 39.4. The van der Waals surface area contributed by atoms with Gasteiger partial charge >= 0.3 is 0 Å². The summed E-state index contributed by atoms with van der Waals surface area (Å²) in [5.74, 6) is 3.31. The normalized spacial score (nSPS) is 12.6. The van der Waals surface area contributed by atoms with Crippen molar-refractivity contribution in [2.45, 2.75) is 46.6 Å². The quantitative estimate of drug-likeness (QED) is 0.107. The Labute approximate surface area is 354 Å². The Morgan fingerprint density at radius 3 is 1.87 bits per heavy atom. The number of nitrogens with zero attached hydrogens (tertiary/aromatic N) is 7. The average molecular weight is 811 g/mol. The number of rotatable bonds is 11. The zero-order chi connectivity index (χ0) is 41.8. The minimum absolute atomic E-state index is 0.588. The Morgan fingerprint density at radius 1 is 0.623 bits per heavy atom. The van der Waals surface area contributed by atoms with Crippen LogP contribution >= 0.6 is 0 Å². The lowest BCUT2D eigenvalue weighted by Crippen LogP contribution is -2.16. The standard InChI is InChI=1S/C24H23N5O.C15H13N5.C9H10O2/c1-2-30-23-10-6-4-8-18(23)13-29-14-20-22(15-29)26-16-27-24(20)28-19-11-17-7-3-5-9-21(17)25-12-19;1-2-4-13-10(3-1)5-11(6-17-13)20-15-12-7-16-8-14(12)18-9-19-15;1-2-11-9-6-4-3-5-8(9)7-10/h3-12,16H,2,13-15H2,1H3,(H,26,27,28);1-6,9,16H,7-8H2,(H,18,19,20);3-7H,2H2,1H3. The van der Waals surface area contributed by atoms with Gasteiger partial charge in [-0.15, -0.1) is 0 Å². The van der Waals surface area contributed by atoms with Crippen LogP contribution in [0.15, 0.2) is 134 Å². The topological polar surface area (TPSA) is 152 Å². The van der Waals surface area contributed by atoms with E-state index in [2.05, 4.69) is 87.2 Å². The maximum absolute atomic E-state index is 10.4. The van der Waals surface area contributed by atoms with Gasteiger partial charge in [0.2, 0.25) is 0 Å². The maximum atomic E-state index is 10.4. The number of benzene rings is 4. The molecule has 0 amide bonds. The molecule has 0 aliphatic carbocycles. The summed E-state index contributed by atoms with van der Waals surface area (Å²) >= 11 is 0. The van der Waals surface area contributed by atoms with Gasteiger partial charge < -0.3 is 25.4 Å². The van der Waals surface area contributed by atoms with Crippen molar-refractivity contribution in [2.75, 3.05) is 23.8 Å². The van der Waals surface area contributed by atoms with Gasteiger partial charge in [0, 0.05) is 60.2 Å². The van der Waals surface area contributed by atoms with E-state index in [1.807, 2.05) is 86.9 Å². The van der Waals surface area contributed by atoms with E-state index in [1.165, 1.54) is 5.56 Å². The van der Waals surface area contributed by atoms with E-state index >= 15 is 0 Å². The second-order valence-electron chi connectivity index (χ2n) is 14.3. The molecule has 13 heteroatoms. The number of hydrogen-bond acceptors (Lipinski definition) is 13. The molecule has 2 aliphatic heterocycles. The number of fused-ring (bicyclic) bond motifs is 4. The summed E-state index contributed by atoms with van der Waals surface area (Å²) in [6.07, 6.45) is 7.71. The molecule has 0 radical (unpaired) electrons. The van der Waals surface area contributed by atoms with Crippen molar-refractivity contribution in [1.82, 2.24) is 40.1 Å². The van der Waals surface area contributed by atoms with E-state index in [9.17, 15) is 4.79 Å². The lowest BCUT2D eigenvalue weighted by Gasteiger charge is -2.17. The van der Waals surface area contributed by atoms with Gasteiger partial charge in [0.15, 0.2) is 6.29 Å². The van der Waals surface area contributed by atoms with Crippen LogP contribution in [0.25, 0.3) is 21.8 Å². The van der Waals surface area contributed by atoms with E-state index in [4.69, 9.17) is 9.47 Å². The molecule has 0 spiro atoms. The first-order chi connectivity index (χ1) is 30.1. The number of aldehydes is 1. The molecule has 0 unspecified atom stereocenters. The molecule has 4 aromatic heterocycles. The molecule has 4 aromatic carbocycles. The molecule has 8 aromatic rings. The van der Waals surface area contributed by atoms with Gasteiger partial charge in [-0.05, 0) is 56.3 Å². The number of nitrogens with one attached hydrogen (secondary N) is 3. The average Bonchev–Trinajstić information content (AvgIpc) is 3.96. The van der Waals surface area contributed by atoms with Crippen LogP contribution in [0.5, 0.6) is 11.5 Å². The minimum atomic E-state index is 0.588. The van der Waals surface area contributed by atoms with Gasteiger partial charge in [-0.1, -0.05) is 66.7 Å². The number of carbonyl (C=O) groups is 1. The van der Waals surface area contributed by atoms with Crippen LogP contribution in [-0.4, -0.2) is 54.3 Å². The van der Waals surface area contributed by atoms with Crippen LogP contribution in [0.3, 0.4) is 0 Å². The van der Waals surface area contributed by atoms with Crippen molar-refractivity contribution in [3.8, 4) is 11.5 Å². The fraction of sp³-hybridized carbons (Fsp3) is 0.188. The summed E-state index contributed by atoms with van der Waals surface area (Å²) < 4.78 is 11.0. The number of hydrogen-bond donors (Lipinski definition) is 3. The molecule has 61 heavy (non-hydrogen) atoms. The first-order valence-corrected chi connectivity index (χ1v) is 20.3. The van der Waals surface area contributed by atoms with Crippen LogP contribution in [0, 0.1) is 0 Å². The van der Waals surface area contributed by atoms with Gasteiger partial charge in [0.05, 0.1) is 65.0 Å². The highest BCUT2D eigenvalue weighted by Crippen LogP contribution is 2.31. The lowest BCUT2D eigenvalue weighted by molar-refractivity contribution is 0.112. The second-order valence-corrected chi connectivity index (χ2v) is 14.3. The molecule has 6 heterocycles. The molecule has 10 rings (SSSR count). The van der Waals surface area contributed by atoms with Crippen LogP contribution < -0.4 is 25.4 Å². The predicted octanol–water partition coefficient (Wildman–Crippen LogP) is 8.95.